The van der Waals surface area contributed by atoms with Crippen molar-refractivity contribution in [3.63, 3.8) is 0 Å². The summed E-state index contributed by atoms with van der Waals surface area (Å²) in [5.41, 5.74) is 0.474. The number of hydrogen-bond donors (Lipinski definition) is 1. The number of nitrogens with zero attached hydrogens (tertiary/aromatic N) is 1. The molecule has 1 heterocycles. The molecule has 0 unspecified atom stereocenters. The van der Waals surface area contributed by atoms with Gasteiger partial charge in [-0.2, -0.15) is 0 Å². The zero-order chi connectivity index (χ0) is 13.7. The molecule has 1 N–H and O–H groups in total. The maximum atomic E-state index is 10.6. The van der Waals surface area contributed by atoms with E-state index in [2.05, 4.69) is 4.98 Å². The number of carboxylic acids is 1. The van der Waals surface area contributed by atoms with Gasteiger partial charge in [-0.3, -0.25) is 4.79 Å². The van der Waals surface area contributed by atoms with E-state index in [1.165, 1.54) is 0 Å². The highest BCUT2D eigenvalue weighted by atomic mass is 16.5. The summed E-state index contributed by atoms with van der Waals surface area (Å²) in [5.74, 6) is 0.932. The number of hydrogen-bond acceptors (Lipinski definition) is 4. The first kappa shape index (κ1) is 13.1. The summed E-state index contributed by atoms with van der Waals surface area (Å²) in [6.07, 6.45) is 0.393. The SMILES string of the molecule is Cc1oc(CCOc2ccccc2)nc1CC(=O)O. The van der Waals surface area contributed by atoms with Crippen LogP contribution >= 0.6 is 0 Å². The molecule has 0 aliphatic rings. The maximum Gasteiger partial charge on any atom is 0.309 e. The Kier molecular flexibility index (Phi) is 4.18. The Morgan fingerprint density at radius 3 is 2.79 bits per heavy atom. The van der Waals surface area contributed by atoms with E-state index in [-0.39, 0.29) is 6.42 Å². The van der Waals surface area contributed by atoms with Crippen LogP contribution in [0.3, 0.4) is 0 Å². The van der Waals surface area contributed by atoms with Crippen LogP contribution in [0.25, 0.3) is 0 Å². The summed E-state index contributed by atoms with van der Waals surface area (Å²) in [4.78, 5) is 14.8. The smallest absolute Gasteiger partial charge is 0.309 e. The lowest BCUT2D eigenvalue weighted by atomic mass is 10.3. The van der Waals surface area contributed by atoms with Crippen molar-refractivity contribution in [3.05, 3.63) is 47.7 Å². The summed E-state index contributed by atoms with van der Waals surface area (Å²) in [6.45, 7) is 2.16. The molecule has 0 aliphatic heterocycles. The number of rotatable bonds is 6. The second-order valence-corrected chi connectivity index (χ2v) is 4.09. The predicted octanol–water partition coefficient (Wildman–Crippen LogP) is 2.23. The van der Waals surface area contributed by atoms with Gasteiger partial charge in [0.25, 0.3) is 0 Å². The van der Waals surface area contributed by atoms with Gasteiger partial charge in [0.1, 0.15) is 11.5 Å². The zero-order valence-electron chi connectivity index (χ0n) is 10.6. The summed E-state index contributed by atoms with van der Waals surface area (Å²) in [5, 5.41) is 8.72. The molecule has 0 fully saturated rings. The summed E-state index contributed by atoms with van der Waals surface area (Å²) in [7, 11) is 0. The number of para-hydroxylation sites is 1. The maximum absolute atomic E-state index is 10.6. The highest BCUT2D eigenvalue weighted by Crippen LogP contribution is 2.13. The van der Waals surface area contributed by atoms with Gasteiger partial charge >= 0.3 is 5.97 Å². The monoisotopic (exact) mass is 261 g/mol. The average Bonchev–Trinajstić information content (AvgIpc) is 2.70. The fraction of sp³-hybridized carbons (Fsp3) is 0.286. The summed E-state index contributed by atoms with van der Waals surface area (Å²) < 4.78 is 10.9. The normalized spacial score (nSPS) is 10.4. The largest absolute Gasteiger partial charge is 0.493 e. The molecule has 2 aromatic rings. The molecule has 0 radical (unpaired) electrons. The van der Waals surface area contributed by atoms with Crippen molar-refractivity contribution in [1.29, 1.82) is 0 Å². The van der Waals surface area contributed by atoms with Gasteiger partial charge in [-0.05, 0) is 19.1 Å². The fourth-order valence-corrected chi connectivity index (χ4v) is 1.67. The molecule has 19 heavy (non-hydrogen) atoms. The summed E-state index contributed by atoms with van der Waals surface area (Å²) in [6, 6.07) is 9.46. The topological polar surface area (TPSA) is 72.6 Å². The van der Waals surface area contributed by atoms with Crippen molar-refractivity contribution in [2.24, 2.45) is 0 Å². The lowest BCUT2D eigenvalue weighted by Crippen LogP contribution is -2.03. The standard InChI is InChI=1S/C14H15NO4/c1-10-12(9-14(16)17)15-13(19-10)7-8-18-11-5-3-2-4-6-11/h2-6H,7-9H2,1H3,(H,16,17). The van der Waals surface area contributed by atoms with Crippen LogP contribution in [0.4, 0.5) is 0 Å². The fourth-order valence-electron chi connectivity index (χ4n) is 1.67. The predicted molar refractivity (Wildman–Crippen MR) is 68.2 cm³/mol. The van der Waals surface area contributed by atoms with Crippen LogP contribution in [0.1, 0.15) is 17.3 Å². The minimum absolute atomic E-state index is 0.116. The number of carboxylic acid groups (broad SMARTS) is 1. The molecular formula is C14H15NO4. The molecular weight excluding hydrogens is 246 g/mol. The zero-order valence-corrected chi connectivity index (χ0v) is 10.6. The Labute approximate surface area is 110 Å². The number of aliphatic carboxylic acids is 1. The van der Waals surface area contributed by atoms with Crippen LogP contribution in [0.2, 0.25) is 0 Å². The third-order valence-electron chi connectivity index (χ3n) is 2.58. The van der Waals surface area contributed by atoms with Crippen molar-refractivity contribution in [2.75, 3.05) is 6.61 Å². The van der Waals surface area contributed by atoms with Gasteiger partial charge in [-0.25, -0.2) is 4.98 Å². The number of benzene rings is 1. The summed E-state index contributed by atoms with van der Waals surface area (Å²) >= 11 is 0. The first-order valence-corrected chi connectivity index (χ1v) is 6.00. The third-order valence-corrected chi connectivity index (χ3v) is 2.58. The van der Waals surface area contributed by atoms with Crippen LogP contribution in [-0.2, 0) is 17.6 Å². The van der Waals surface area contributed by atoms with Crippen molar-refractivity contribution in [3.8, 4) is 5.75 Å². The van der Waals surface area contributed by atoms with Gasteiger partial charge < -0.3 is 14.3 Å². The van der Waals surface area contributed by atoms with E-state index in [0.717, 1.165) is 5.75 Å². The van der Waals surface area contributed by atoms with Gasteiger partial charge in [-0.15, -0.1) is 0 Å². The lowest BCUT2D eigenvalue weighted by molar-refractivity contribution is -0.136. The molecule has 0 bridgehead atoms. The number of oxazole rings is 1. The van der Waals surface area contributed by atoms with E-state index in [9.17, 15) is 4.79 Å². The van der Waals surface area contributed by atoms with Crippen LogP contribution < -0.4 is 4.74 Å². The molecule has 0 saturated carbocycles. The molecule has 0 atom stereocenters. The Morgan fingerprint density at radius 2 is 2.11 bits per heavy atom. The molecule has 5 heteroatoms. The van der Waals surface area contributed by atoms with Crippen molar-refractivity contribution in [2.45, 2.75) is 19.8 Å². The molecule has 1 aromatic heterocycles. The minimum atomic E-state index is -0.913. The first-order valence-electron chi connectivity index (χ1n) is 6.00. The van der Waals surface area contributed by atoms with Gasteiger partial charge in [0, 0.05) is 0 Å². The van der Waals surface area contributed by atoms with Gasteiger partial charge in [0.15, 0.2) is 5.89 Å². The van der Waals surface area contributed by atoms with Crippen LogP contribution in [-0.4, -0.2) is 22.7 Å². The van der Waals surface area contributed by atoms with Crippen molar-refractivity contribution < 1.29 is 19.1 Å². The molecule has 0 amide bonds. The number of ether oxygens (including phenoxy) is 1. The first-order chi connectivity index (χ1) is 9.15. The third kappa shape index (κ3) is 3.84. The molecule has 2 rings (SSSR count). The van der Waals surface area contributed by atoms with E-state index in [0.29, 0.717) is 30.4 Å². The lowest BCUT2D eigenvalue weighted by Gasteiger charge is -2.03. The number of aromatic nitrogens is 1. The average molecular weight is 261 g/mol. The Hall–Kier alpha value is -2.30. The molecule has 0 spiro atoms. The Morgan fingerprint density at radius 1 is 1.37 bits per heavy atom. The van der Waals surface area contributed by atoms with E-state index in [1.54, 1.807) is 6.92 Å². The molecule has 100 valence electrons. The molecule has 0 saturated heterocycles. The minimum Gasteiger partial charge on any atom is -0.493 e. The number of carbonyl (C=O) groups is 1. The highest BCUT2D eigenvalue weighted by molar-refractivity contribution is 5.69. The quantitative estimate of drug-likeness (QED) is 0.863. The van der Waals surface area contributed by atoms with Crippen molar-refractivity contribution in [1.82, 2.24) is 4.98 Å². The van der Waals surface area contributed by atoms with Crippen LogP contribution in [0.15, 0.2) is 34.7 Å². The molecule has 0 aliphatic carbocycles. The molecule has 1 aromatic carbocycles. The van der Waals surface area contributed by atoms with Crippen molar-refractivity contribution >= 4 is 5.97 Å². The van der Waals surface area contributed by atoms with E-state index in [1.807, 2.05) is 30.3 Å². The highest BCUT2D eigenvalue weighted by Gasteiger charge is 2.12. The number of aryl methyl sites for hydroxylation is 1. The van der Waals surface area contributed by atoms with Gasteiger partial charge in [0.05, 0.1) is 25.1 Å². The Bertz CT molecular complexity index is 548. The second-order valence-electron chi connectivity index (χ2n) is 4.09. The van der Waals surface area contributed by atoms with E-state index < -0.39 is 5.97 Å². The Balaban J connectivity index is 1.88. The van der Waals surface area contributed by atoms with Gasteiger partial charge in [0.2, 0.25) is 0 Å². The van der Waals surface area contributed by atoms with Crippen LogP contribution in [0.5, 0.6) is 5.75 Å². The molecule has 5 nitrogen and oxygen atoms in total. The van der Waals surface area contributed by atoms with E-state index in [4.69, 9.17) is 14.3 Å². The van der Waals surface area contributed by atoms with Crippen LogP contribution in [0, 0.1) is 6.92 Å². The van der Waals surface area contributed by atoms with Gasteiger partial charge in [-0.1, -0.05) is 18.2 Å². The second kappa shape index (κ2) is 6.04. The van der Waals surface area contributed by atoms with E-state index >= 15 is 0 Å².